The maximum Gasteiger partial charge on any atom is 0.338 e. The van der Waals surface area contributed by atoms with Gasteiger partial charge in [0, 0.05) is 15.4 Å². The molecule has 0 spiro atoms. The molecule has 5 heteroatoms. The maximum absolute atomic E-state index is 13.2. The quantitative estimate of drug-likeness (QED) is 0.217. The van der Waals surface area contributed by atoms with Crippen molar-refractivity contribution in [3.63, 3.8) is 0 Å². The second-order valence-corrected chi connectivity index (χ2v) is 9.35. The van der Waals surface area contributed by atoms with Gasteiger partial charge >= 0.3 is 5.97 Å². The van der Waals surface area contributed by atoms with Gasteiger partial charge in [-0.3, -0.25) is 4.79 Å². The molecule has 0 aromatic heterocycles. The van der Waals surface area contributed by atoms with E-state index >= 15 is 0 Å². The number of benzene rings is 2. The van der Waals surface area contributed by atoms with Crippen LogP contribution in [0.5, 0.6) is 0 Å². The highest BCUT2D eigenvalue weighted by atomic mass is 32.2. The molecule has 0 saturated heterocycles. The first-order chi connectivity index (χ1) is 14.7. The highest BCUT2D eigenvalue weighted by Gasteiger charge is 2.32. The standard InChI is InChI=1S/C25H27NO3S/c27-24(19-13-15-22(16-14-19)30-21-9-5-2-6-10-21)23(17-18-7-3-1-4-8-18)26-29-25(28)20-11-12-20/h2,5-6,9-10,13-16,18,20H,1,3-4,7-8,11-12,17H2. The first kappa shape index (κ1) is 20.9. The SMILES string of the molecule is O=C(C(CC1CCCCC1)=NOC(=O)C1CC1)c1ccc(Sc2ccccc2)cc1. The summed E-state index contributed by atoms with van der Waals surface area (Å²) in [6.45, 7) is 0. The number of hydrogen-bond acceptors (Lipinski definition) is 5. The smallest absolute Gasteiger partial charge is 0.318 e. The van der Waals surface area contributed by atoms with E-state index < -0.39 is 0 Å². The molecule has 0 aliphatic heterocycles. The Morgan fingerprint density at radius 3 is 2.20 bits per heavy atom. The van der Waals surface area contributed by atoms with Crippen LogP contribution in [0.3, 0.4) is 0 Å². The number of hydrogen-bond donors (Lipinski definition) is 0. The molecule has 4 rings (SSSR count). The van der Waals surface area contributed by atoms with Gasteiger partial charge in [-0.15, -0.1) is 0 Å². The van der Waals surface area contributed by atoms with Crippen LogP contribution >= 0.6 is 11.8 Å². The van der Waals surface area contributed by atoms with Crippen molar-refractivity contribution in [2.45, 2.75) is 61.2 Å². The van der Waals surface area contributed by atoms with E-state index in [2.05, 4.69) is 17.3 Å². The van der Waals surface area contributed by atoms with Gasteiger partial charge in [0.1, 0.15) is 5.71 Å². The fraction of sp³-hybridized carbons (Fsp3) is 0.400. The van der Waals surface area contributed by atoms with Crippen molar-refractivity contribution in [2.75, 3.05) is 0 Å². The Morgan fingerprint density at radius 2 is 1.53 bits per heavy atom. The van der Waals surface area contributed by atoms with Crippen molar-refractivity contribution in [3.05, 3.63) is 60.2 Å². The summed E-state index contributed by atoms with van der Waals surface area (Å²) in [7, 11) is 0. The van der Waals surface area contributed by atoms with Gasteiger partial charge in [0.05, 0.1) is 5.92 Å². The normalized spacial score (nSPS) is 17.5. The third-order valence-corrected chi connectivity index (χ3v) is 6.74. The van der Waals surface area contributed by atoms with Crippen LogP contribution in [0.15, 0.2) is 69.5 Å². The molecule has 0 amide bonds. The van der Waals surface area contributed by atoms with Crippen molar-refractivity contribution < 1.29 is 14.4 Å². The Morgan fingerprint density at radius 1 is 0.867 bits per heavy atom. The first-order valence-electron chi connectivity index (χ1n) is 10.8. The van der Waals surface area contributed by atoms with Gasteiger partial charge in [-0.1, -0.05) is 67.2 Å². The third-order valence-electron chi connectivity index (χ3n) is 5.72. The summed E-state index contributed by atoms with van der Waals surface area (Å²) in [6, 6.07) is 17.7. The van der Waals surface area contributed by atoms with Gasteiger partial charge in [0.25, 0.3) is 0 Å². The summed E-state index contributed by atoms with van der Waals surface area (Å²) in [5, 5.41) is 4.06. The molecular formula is C25H27NO3S. The molecule has 4 nitrogen and oxygen atoms in total. The number of oxime groups is 1. The van der Waals surface area contributed by atoms with Crippen molar-refractivity contribution in [1.82, 2.24) is 0 Å². The van der Waals surface area contributed by atoms with Crippen LogP contribution in [0, 0.1) is 11.8 Å². The number of nitrogens with zero attached hydrogens (tertiary/aromatic N) is 1. The summed E-state index contributed by atoms with van der Waals surface area (Å²) in [6.07, 6.45) is 8.16. The number of ketones is 1. The van der Waals surface area contributed by atoms with Gasteiger partial charge in [0.2, 0.25) is 5.78 Å². The predicted octanol–water partition coefficient (Wildman–Crippen LogP) is 6.30. The summed E-state index contributed by atoms with van der Waals surface area (Å²) in [4.78, 5) is 32.5. The predicted molar refractivity (Wildman–Crippen MR) is 119 cm³/mol. The Bertz CT molecular complexity index is 898. The molecule has 156 valence electrons. The molecule has 2 aliphatic carbocycles. The second-order valence-electron chi connectivity index (χ2n) is 8.20. The van der Waals surface area contributed by atoms with Crippen LogP contribution in [0.25, 0.3) is 0 Å². The fourth-order valence-corrected chi connectivity index (χ4v) is 4.63. The molecule has 2 aromatic carbocycles. The number of carbonyl (C=O) groups is 2. The molecular weight excluding hydrogens is 394 g/mol. The van der Waals surface area contributed by atoms with Gasteiger partial charge in [-0.05, 0) is 61.6 Å². The molecule has 2 aromatic rings. The van der Waals surface area contributed by atoms with Crippen LogP contribution in [0.2, 0.25) is 0 Å². The Hall–Kier alpha value is -2.40. The van der Waals surface area contributed by atoms with Crippen LogP contribution in [0.1, 0.15) is 61.7 Å². The Labute approximate surface area is 182 Å². The lowest BCUT2D eigenvalue weighted by Gasteiger charge is -2.21. The first-order valence-corrected chi connectivity index (χ1v) is 11.7. The summed E-state index contributed by atoms with van der Waals surface area (Å²) >= 11 is 1.66. The van der Waals surface area contributed by atoms with Crippen molar-refractivity contribution in [1.29, 1.82) is 0 Å². The minimum absolute atomic E-state index is 0.0333. The lowest BCUT2D eigenvalue weighted by Crippen LogP contribution is -2.21. The van der Waals surface area contributed by atoms with Crippen molar-refractivity contribution in [2.24, 2.45) is 17.0 Å². The topological polar surface area (TPSA) is 55.7 Å². The van der Waals surface area contributed by atoms with Crippen molar-refractivity contribution in [3.8, 4) is 0 Å². The molecule has 0 N–H and O–H groups in total. The molecule has 2 saturated carbocycles. The lowest BCUT2D eigenvalue weighted by molar-refractivity contribution is -0.145. The zero-order valence-electron chi connectivity index (χ0n) is 17.1. The number of carbonyl (C=O) groups excluding carboxylic acids is 2. The van der Waals surface area contributed by atoms with Gasteiger partial charge < -0.3 is 4.84 Å². The zero-order valence-corrected chi connectivity index (χ0v) is 17.9. The summed E-state index contributed by atoms with van der Waals surface area (Å²) in [5.41, 5.74) is 0.962. The van der Waals surface area contributed by atoms with E-state index in [1.54, 1.807) is 11.8 Å². The van der Waals surface area contributed by atoms with Gasteiger partial charge in [-0.2, -0.15) is 0 Å². The third kappa shape index (κ3) is 5.82. The van der Waals surface area contributed by atoms with E-state index in [4.69, 9.17) is 4.84 Å². The Kier molecular flexibility index (Phi) is 7.00. The average molecular weight is 422 g/mol. The highest BCUT2D eigenvalue weighted by molar-refractivity contribution is 7.99. The molecule has 0 atom stereocenters. The molecule has 2 aliphatic rings. The molecule has 0 unspecified atom stereocenters. The van der Waals surface area contributed by atoms with Gasteiger partial charge in [0.15, 0.2) is 0 Å². The van der Waals surface area contributed by atoms with Crippen LogP contribution in [-0.4, -0.2) is 17.5 Å². The number of Topliss-reactive ketones (excluding diaryl/α,β-unsaturated/α-hetero) is 1. The van der Waals surface area contributed by atoms with E-state index in [1.807, 2.05) is 42.5 Å². The molecule has 2 fully saturated rings. The zero-order chi connectivity index (χ0) is 20.8. The van der Waals surface area contributed by atoms with E-state index in [0.717, 1.165) is 35.5 Å². The second kappa shape index (κ2) is 10.1. The minimum atomic E-state index is -0.307. The maximum atomic E-state index is 13.2. The molecule has 0 heterocycles. The van der Waals surface area contributed by atoms with Gasteiger partial charge in [-0.25, -0.2) is 4.79 Å². The molecule has 0 radical (unpaired) electrons. The fourth-order valence-electron chi connectivity index (χ4n) is 3.80. The van der Waals surface area contributed by atoms with Crippen LogP contribution in [0.4, 0.5) is 0 Å². The van der Waals surface area contributed by atoms with Crippen LogP contribution in [-0.2, 0) is 9.63 Å². The average Bonchev–Trinajstić information content (AvgIpc) is 3.63. The van der Waals surface area contributed by atoms with E-state index in [1.165, 1.54) is 19.3 Å². The summed E-state index contributed by atoms with van der Waals surface area (Å²) in [5.74, 6) is -0.0398. The minimum Gasteiger partial charge on any atom is -0.318 e. The van der Waals surface area contributed by atoms with E-state index in [-0.39, 0.29) is 17.7 Å². The summed E-state index contributed by atoms with van der Waals surface area (Å²) < 4.78 is 0. The van der Waals surface area contributed by atoms with E-state index in [0.29, 0.717) is 23.6 Å². The van der Waals surface area contributed by atoms with Crippen LogP contribution < -0.4 is 0 Å². The Balaban J connectivity index is 1.46. The number of rotatable bonds is 8. The van der Waals surface area contributed by atoms with E-state index in [9.17, 15) is 9.59 Å². The molecule has 0 bridgehead atoms. The highest BCUT2D eigenvalue weighted by Crippen LogP contribution is 2.31. The largest absolute Gasteiger partial charge is 0.338 e. The molecule has 30 heavy (non-hydrogen) atoms. The van der Waals surface area contributed by atoms with Crippen molar-refractivity contribution >= 4 is 29.2 Å². The lowest BCUT2D eigenvalue weighted by atomic mass is 9.84. The monoisotopic (exact) mass is 421 g/mol.